The molecule has 0 bridgehead atoms. The Labute approximate surface area is 188 Å². The fraction of sp³-hybridized carbons (Fsp3) is 0.667. The SMILES string of the molecule is COC(=O)c1cc(F)c(OCCCC2CC3(CCN(C(=O)OC(C)(C)C)CC3)C2)cc1F. The standard InChI is InChI=1S/C24H33F2NO5/c1-23(2,3)32-22(29)27-9-7-24(8-10-27)14-16(15-24)6-5-11-31-20-13-18(25)17(12-19(20)26)21(28)30-4/h12-13,16H,5-11,14-15H2,1-4H3. The minimum Gasteiger partial charge on any atom is -0.490 e. The molecule has 1 aliphatic heterocycles. The molecule has 0 aromatic heterocycles. The van der Waals surface area contributed by atoms with Crippen LogP contribution in [0.25, 0.3) is 0 Å². The third-order valence-corrected chi connectivity index (χ3v) is 6.36. The number of amides is 1. The van der Waals surface area contributed by atoms with Gasteiger partial charge in [0.2, 0.25) is 0 Å². The first-order valence-electron chi connectivity index (χ1n) is 11.2. The summed E-state index contributed by atoms with van der Waals surface area (Å²) < 4.78 is 43.3. The highest BCUT2D eigenvalue weighted by molar-refractivity contribution is 5.89. The van der Waals surface area contributed by atoms with Crippen LogP contribution in [0.1, 0.15) is 69.7 Å². The summed E-state index contributed by atoms with van der Waals surface area (Å²) in [6.45, 7) is 7.37. The van der Waals surface area contributed by atoms with Crippen LogP contribution in [0.3, 0.4) is 0 Å². The number of nitrogens with zero attached hydrogens (tertiary/aromatic N) is 1. The summed E-state index contributed by atoms with van der Waals surface area (Å²) in [5.41, 5.74) is -0.605. The molecule has 0 radical (unpaired) electrons. The van der Waals surface area contributed by atoms with Crippen LogP contribution in [-0.4, -0.2) is 49.4 Å². The van der Waals surface area contributed by atoms with Gasteiger partial charge in [0, 0.05) is 19.2 Å². The Kier molecular flexibility index (Phi) is 7.30. The molecule has 178 valence electrons. The van der Waals surface area contributed by atoms with E-state index in [1.165, 1.54) is 0 Å². The number of halogens is 2. The number of piperidine rings is 1. The van der Waals surface area contributed by atoms with Gasteiger partial charge in [0.05, 0.1) is 19.3 Å². The van der Waals surface area contributed by atoms with E-state index in [1.807, 2.05) is 20.8 Å². The van der Waals surface area contributed by atoms with Gasteiger partial charge in [0.15, 0.2) is 11.6 Å². The van der Waals surface area contributed by atoms with Gasteiger partial charge in [-0.2, -0.15) is 0 Å². The van der Waals surface area contributed by atoms with Gasteiger partial charge < -0.3 is 19.1 Å². The molecule has 1 spiro atoms. The monoisotopic (exact) mass is 453 g/mol. The molecule has 3 rings (SSSR count). The van der Waals surface area contributed by atoms with Crippen molar-refractivity contribution in [2.24, 2.45) is 11.3 Å². The van der Waals surface area contributed by atoms with Crippen LogP contribution in [0.15, 0.2) is 12.1 Å². The quantitative estimate of drug-likeness (QED) is 0.430. The van der Waals surface area contributed by atoms with Crippen LogP contribution < -0.4 is 4.74 Å². The van der Waals surface area contributed by atoms with Crippen molar-refractivity contribution < 1.29 is 32.6 Å². The lowest BCUT2D eigenvalue weighted by molar-refractivity contribution is -0.0301. The molecular formula is C24H33F2NO5. The second kappa shape index (κ2) is 9.63. The van der Waals surface area contributed by atoms with Crippen molar-refractivity contribution in [1.82, 2.24) is 4.90 Å². The first-order valence-corrected chi connectivity index (χ1v) is 11.2. The topological polar surface area (TPSA) is 65.1 Å². The van der Waals surface area contributed by atoms with Crippen LogP contribution in [0, 0.1) is 23.0 Å². The lowest BCUT2D eigenvalue weighted by atomic mass is 9.56. The Hall–Kier alpha value is -2.38. The number of hydrogen-bond donors (Lipinski definition) is 0. The summed E-state index contributed by atoms with van der Waals surface area (Å²) in [7, 11) is 1.11. The molecule has 6 nitrogen and oxygen atoms in total. The largest absolute Gasteiger partial charge is 0.490 e. The van der Waals surface area contributed by atoms with E-state index >= 15 is 0 Å². The lowest BCUT2D eigenvalue weighted by Crippen LogP contribution is -2.49. The van der Waals surface area contributed by atoms with Gasteiger partial charge in [-0.1, -0.05) is 0 Å². The fourth-order valence-electron chi connectivity index (χ4n) is 4.73. The second-order valence-electron chi connectivity index (χ2n) is 9.99. The molecule has 1 heterocycles. The molecule has 0 atom stereocenters. The number of benzene rings is 1. The average molecular weight is 454 g/mol. The van der Waals surface area contributed by atoms with E-state index in [-0.39, 0.29) is 18.4 Å². The van der Waals surface area contributed by atoms with Crippen molar-refractivity contribution in [3.05, 3.63) is 29.3 Å². The number of carbonyl (C=O) groups is 2. The normalized spacial score (nSPS) is 18.2. The van der Waals surface area contributed by atoms with Crippen LogP contribution in [0.2, 0.25) is 0 Å². The van der Waals surface area contributed by atoms with Crippen molar-refractivity contribution in [1.29, 1.82) is 0 Å². The predicted octanol–water partition coefficient (Wildman–Crippen LogP) is 5.34. The molecule has 1 saturated heterocycles. The van der Waals surface area contributed by atoms with E-state index in [4.69, 9.17) is 9.47 Å². The summed E-state index contributed by atoms with van der Waals surface area (Å²) >= 11 is 0. The molecule has 32 heavy (non-hydrogen) atoms. The second-order valence-corrected chi connectivity index (χ2v) is 9.99. The lowest BCUT2D eigenvalue weighted by Gasteiger charge is -2.52. The number of methoxy groups -OCH3 is 1. The van der Waals surface area contributed by atoms with E-state index < -0.39 is 28.8 Å². The number of ether oxygens (including phenoxy) is 3. The van der Waals surface area contributed by atoms with E-state index in [1.54, 1.807) is 4.90 Å². The third-order valence-electron chi connectivity index (χ3n) is 6.36. The highest BCUT2D eigenvalue weighted by atomic mass is 19.1. The molecule has 0 unspecified atom stereocenters. The summed E-state index contributed by atoms with van der Waals surface area (Å²) in [4.78, 5) is 25.4. The molecule has 2 aliphatic rings. The van der Waals surface area contributed by atoms with Crippen molar-refractivity contribution >= 4 is 12.1 Å². The number of hydrogen-bond acceptors (Lipinski definition) is 5. The van der Waals surface area contributed by atoms with Crippen LogP contribution in [0.5, 0.6) is 5.75 Å². The molecule has 2 fully saturated rings. The van der Waals surface area contributed by atoms with Gasteiger partial charge in [0.25, 0.3) is 0 Å². The summed E-state index contributed by atoms with van der Waals surface area (Å²) in [6.07, 6.45) is 5.72. The smallest absolute Gasteiger partial charge is 0.410 e. The summed E-state index contributed by atoms with van der Waals surface area (Å²) in [5.74, 6) is -2.19. The number of rotatable bonds is 6. The van der Waals surface area contributed by atoms with E-state index in [2.05, 4.69) is 4.74 Å². The Morgan fingerprint density at radius 1 is 1.12 bits per heavy atom. The first-order chi connectivity index (χ1) is 15.0. The van der Waals surface area contributed by atoms with Gasteiger partial charge in [-0.3, -0.25) is 0 Å². The van der Waals surface area contributed by atoms with E-state index in [0.717, 1.165) is 70.9 Å². The Morgan fingerprint density at radius 3 is 2.38 bits per heavy atom. The van der Waals surface area contributed by atoms with Gasteiger partial charge in [-0.05, 0) is 76.7 Å². The number of esters is 1. The Bertz CT molecular complexity index is 836. The van der Waals surface area contributed by atoms with Gasteiger partial charge in [-0.15, -0.1) is 0 Å². The van der Waals surface area contributed by atoms with Gasteiger partial charge >= 0.3 is 12.1 Å². The highest BCUT2D eigenvalue weighted by Gasteiger charge is 2.46. The minimum atomic E-state index is -0.927. The molecule has 1 aromatic rings. The molecule has 1 saturated carbocycles. The van der Waals surface area contributed by atoms with Crippen LogP contribution >= 0.6 is 0 Å². The molecule has 1 aliphatic carbocycles. The van der Waals surface area contributed by atoms with Crippen molar-refractivity contribution in [2.45, 2.75) is 64.9 Å². The van der Waals surface area contributed by atoms with Gasteiger partial charge in [-0.25, -0.2) is 18.4 Å². The van der Waals surface area contributed by atoms with Gasteiger partial charge in [0.1, 0.15) is 11.4 Å². The fourth-order valence-corrected chi connectivity index (χ4v) is 4.73. The zero-order chi connectivity index (χ0) is 23.5. The third kappa shape index (κ3) is 5.90. The van der Waals surface area contributed by atoms with Crippen molar-refractivity contribution in [3.63, 3.8) is 0 Å². The minimum absolute atomic E-state index is 0.199. The average Bonchev–Trinajstić information content (AvgIpc) is 2.70. The first kappa shape index (κ1) is 24.3. The van der Waals surface area contributed by atoms with E-state index in [0.29, 0.717) is 11.3 Å². The van der Waals surface area contributed by atoms with Crippen molar-refractivity contribution in [3.8, 4) is 5.75 Å². The number of carbonyl (C=O) groups excluding carboxylic acids is 2. The highest BCUT2D eigenvalue weighted by Crippen LogP contribution is 2.54. The molecular weight excluding hydrogens is 420 g/mol. The summed E-state index contributed by atoms with van der Waals surface area (Å²) in [5, 5.41) is 0. The maximum absolute atomic E-state index is 14.1. The van der Waals surface area contributed by atoms with Crippen molar-refractivity contribution in [2.75, 3.05) is 26.8 Å². The molecule has 1 amide bonds. The number of likely N-dealkylation sites (tertiary alicyclic amines) is 1. The molecule has 1 aromatic carbocycles. The van der Waals surface area contributed by atoms with Crippen LogP contribution in [0.4, 0.5) is 13.6 Å². The molecule has 8 heteroatoms. The zero-order valence-electron chi connectivity index (χ0n) is 19.3. The molecule has 0 N–H and O–H groups in total. The Morgan fingerprint density at radius 2 is 1.78 bits per heavy atom. The zero-order valence-corrected chi connectivity index (χ0v) is 19.3. The maximum atomic E-state index is 14.1. The Balaban J connectivity index is 1.36. The predicted molar refractivity (Wildman–Crippen MR) is 115 cm³/mol. The van der Waals surface area contributed by atoms with Crippen LogP contribution in [-0.2, 0) is 9.47 Å². The van der Waals surface area contributed by atoms with E-state index in [9.17, 15) is 18.4 Å². The maximum Gasteiger partial charge on any atom is 0.410 e. The summed E-state index contributed by atoms with van der Waals surface area (Å²) in [6, 6.07) is 1.69.